The van der Waals surface area contributed by atoms with Gasteiger partial charge in [0.1, 0.15) is 29.4 Å². The number of pyridine rings is 1. The molecule has 1 N–H and O–H groups in total. The summed E-state index contributed by atoms with van der Waals surface area (Å²) in [6, 6.07) is 14.9. The number of fused-ring (bicyclic) bond motifs is 1. The fourth-order valence-corrected chi connectivity index (χ4v) is 4.23. The molecule has 9 heteroatoms. The van der Waals surface area contributed by atoms with Crippen LogP contribution in [0, 0.1) is 0 Å². The number of halogens is 2. The van der Waals surface area contributed by atoms with E-state index in [0.717, 1.165) is 31.1 Å². The molecule has 0 aliphatic heterocycles. The lowest BCUT2D eigenvalue weighted by molar-refractivity contribution is 0.223. The molecular formula is C26H27Cl2N5O2. The molecule has 2 aromatic heterocycles. The van der Waals surface area contributed by atoms with Crippen LogP contribution >= 0.6 is 23.2 Å². The van der Waals surface area contributed by atoms with Crippen LogP contribution in [0.2, 0.25) is 10.0 Å². The molecule has 7 nitrogen and oxygen atoms in total. The zero-order valence-electron chi connectivity index (χ0n) is 19.9. The van der Waals surface area contributed by atoms with Gasteiger partial charge in [-0.05, 0) is 49.5 Å². The second kappa shape index (κ2) is 11.5. The zero-order valence-corrected chi connectivity index (χ0v) is 21.4. The van der Waals surface area contributed by atoms with Gasteiger partial charge in [0.15, 0.2) is 0 Å². The highest BCUT2D eigenvalue weighted by Gasteiger charge is 2.18. The Kier molecular flexibility index (Phi) is 8.23. The van der Waals surface area contributed by atoms with Crippen LogP contribution in [0.1, 0.15) is 13.8 Å². The smallest absolute Gasteiger partial charge is 0.241 e. The third-order valence-electron chi connectivity index (χ3n) is 5.61. The number of hydrogen-bond acceptors (Lipinski definition) is 7. The molecule has 0 amide bonds. The van der Waals surface area contributed by atoms with Crippen molar-refractivity contribution in [1.82, 2.24) is 19.9 Å². The summed E-state index contributed by atoms with van der Waals surface area (Å²) < 4.78 is 11.4. The first-order valence-corrected chi connectivity index (χ1v) is 12.2. The minimum Gasteiger partial charge on any atom is -0.492 e. The highest BCUT2D eigenvalue weighted by atomic mass is 35.5. The van der Waals surface area contributed by atoms with Gasteiger partial charge in [-0.3, -0.25) is 0 Å². The average molecular weight is 512 g/mol. The van der Waals surface area contributed by atoms with Crippen molar-refractivity contribution in [1.29, 1.82) is 0 Å². The molecule has 35 heavy (non-hydrogen) atoms. The molecule has 0 aliphatic rings. The van der Waals surface area contributed by atoms with E-state index in [1.807, 2.05) is 30.3 Å². The van der Waals surface area contributed by atoms with Crippen LogP contribution in [0.4, 0.5) is 11.5 Å². The lowest BCUT2D eigenvalue weighted by Crippen LogP contribution is -2.27. The summed E-state index contributed by atoms with van der Waals surface area (Å²) in [5.41, 5.74) is 3.15. The van der Waals surface area contributed by atoms with Gasteiger partial charge in [0.2, 0.25) is 5.88 Å². The van der Waals surface area contributed by atoms with Crippen LogP contribution in [0.15, 0.2) is 54.7 Å². The van der Waals surface area contributed by atoms with Crippen LogP contribution in [0.25, 0.3) is 22.3 Å². The van der Waals surface area contributed by atoms with Crippen LogP contribution < -0.4 is 14.8 Å². The molecule has 182 valence electrons. The maximum absolute atomic E-state index is 6.38. The van der Waals surface area contributed by atoms with E-state index >= 15 is 0 Å². The van der Waals surface area contributed by atoms with Crippen LogP contribution in [-0.2, 0) is 0 Å². The number of methoxy groups -OCH3 is 1. The molecule has 0 fully saturated rings. The Bertz CT molecular complexity index is 1280. The molecule has 4 rings (SSSR count). The first-order valence-electron chi connectivity index (χ1n) is 11.4. The average Bonchev–Trinajstić information content (AvgIpc) is 2.87. The Balaban J connectivity index is 1.51. The van der Waals surface area contributed by atoms with Gasteiger partial charge >= 0.3 is 0 Å². The topological polar surface area (TPSA) is 72.4 Å². The minimum absolute atomic E-state index is 0.330. The number of ether oxygens (including phenoxy) is 2. The Hall–Kier alpha value is -3.13. The first kappa shape index (κ1) is 25.0. The molecule has 0 aliphatic carbocycles. The fraction of sp³-hybridized carbons (Fsp3) is 0.269. The molecule has 0 bridgehead atoms. The summed E-state index contributed by atoms with van der Waals surface area (Å²) in [6.07, 6.45) is 1.66. The summed E-state index contributed by atoms with van der Waals surface area (Å²) in [5, 5.41) is 4.23. The lowest BCUT2D eigenvalue weighted by atomic mass is 10.1. The third-order valence-corrected chi connectivity index (χ3v) is 6.24. The second-order valence-corrected chi connectivity index (χ2v) is 8.58. The zero-order chi connectivity index (χ0) is 24.8. The van der Waals surface area contributed by atoms with Crippen molar-refractivity contribution in [2.24, 2.45) is 0 Å². The molecule has 4 aromatic rings. The van der Waals surface area contributed by atoms with Crippen molar-refractivity contribution in [3.05, 3.63) is 64.8 Å². The van der Waals surface area contributed by atoms with Gasteiger partial charge < -0.3 is 19.7 Å². The highest BCUT2D eigenvalue weighted by Crippen LogP contribution is 2.38. The molecule has 2 heterocycles. The largest absolute Gasteiger partial charge is 0.492 e. The van der Waals surface area contributed by atoms with Crippen molar-refractivity contribution in [2.75, 3.05) is 38.7 Å². The molecule has 0 spiro atoms. The van der Waals surface area contributed by atoms with Crippen molar-refractivity contribution in [2.45, 2.75) is 13.8 Å². The monoisotopic (exact) mass is 511 g/mol. The van der Waals surface area contributed by atoms with E-state index in [9.17, 15) is 0 Å². The number of rotatable bonds is 10. The standard InChI is InChI=1S/C26H27Cl2N5O2/c1-4-33(5-2)13-14-35-18-11-9-17(10-12-18)30-23-15-21-22(16-29-23)31-25(26(32-21)34-3)24-19(27)7-6-8-20(24)28/h6-12,15-16H,4-5,13-14H2,1-3H3,(H,29,30). The Morgan fingerprint density at radius 2 is 1.66 bits per heavy atom. The van der Waals surface area contributed by atoms with Crippen molar-refractivity contribution in [3.63, 3.8) is 0 Å². The van der Waals surface area contributed by atoms with Crippen LogP contribution in [-0.4, -0.2) is 53.2 Å². The number of likely N-dealkylation sites (N-methyl/N-ethyl adjacent to an activating group) is 1. The van der Waals surface area contributed by atoms with Gasteiger partial charge in [0.05, 0.1) is 28.9 Å². The number of nitrogens with one attached hydrogen (secondary N) is 1. The summed E-state index contributed by atoms with van der Waals surface area (Å²) in [6.45, 7) is 7.91. The van der Waals surface area contributed by atoms with E-state index in [1.54, 1.807) is 24.4 Å². The normalized spacial score (nSPS) is 11.1. The number of anilines is 2. The first-order chi connectivity index (χ1) is 17.0. The predicted octanol–water partition coefficient (Wildman–Crippen LogP) is 6.47. The highest BCUT2D eigenvalue weighted by molar-refractivity contribution is 6.39. The Labute approximate surface area is 215 Å². The van der Waals surface area contributed by atoms with Crippen molar-refractivity contribution in [3.8, 4) is 22.9 Å². The minimum atomic E-state index is 0.330. The van der Waals surface area contributed by atoms with E-state index in [1.165, 1.54) is 7.11 Å². The van der Waals surface area contributed by atoms with Crippen LogP contribution in [0.3, 0.4) is 0 Å². The molecule has 0 saturated carbocycles. The lowest BCUT2D eigenvalue weighted by Gasteiger charge is -2.18. The summed E-state index contributed by atoms with van der Waals surface area (Å²) >= 11 is 12.8. The quantitative estimate of drug-likeness (QED) is 0.261. The number of nitrogens with zero attached hydrogens (tertiary/aromatic N) is 4. The van der Waals surface area contributed by atoms with E-state index in [2.05, 4.69) is 39.0 Å². The number of aromatic nitrogens is 3. The van der Waals surface area contributed by atoms with Gasteiger partial charge in [0.25, 0.3) is 0 Å². The molecule has 0 radical (unpaired) electrons. The summed E-state index contributed by atoms with van der Waals surface area (Å²) in [4.78, 5) is 16.1. The van der Waals surface area contributed by atoms with Crippen LogP contribution in [0.5, 0.6) is 11.6 Å². The molecule has 0 saturated heterocycles. The SMILES string of the molecule is CCN(CC)CCOc1ccc(Nc2cc3nc(OC)c(-c4c(Cl)cccc4Cl)nc3cn2)cc1. The van der Waals surface area contributed by atoms with Crippen molar-refractivity contribution < 1.29 is 9.47 Å². The maximum Gasteiger partial charge on any atom is 0.241 e. The van der Waals surface area contributed by atoms with Gasteiger partial charge in [-0.25, -0.2) is 15.0 Å². The molecular weight excluding hydrogens is 485 g/mol. The maximum atomic E-state index is 6.38. The summed E-state index contributed by atoms with van der Waals surface area (Å²) in [7, 11) is 1.54. The van der Waals surface area contributed by atoms with Gasteiger partial charge in [-0.15, -0.1) is 0 Å². The molecule has 2 aromatic carbocycles. The van der Waals surface area contributed by atoms with Gasteiger partial charge in [0, 0.05) is 23.9 Å². The predicted molar refractivity (Wildman–Crippen MR) is 142 cm³/mol. The van der Waals surface area contributed by atoms with E-state index in [4.69, 9.17) is 32.7 Å². The third kappa shape index (κ3) is 5.93. The van der Waals surface area contributed by atoms with E-state index in [-0.39, 0.29) is 0 Å². The fourth-order valence-electron chi connectivity index (χ4n) is 3.66. The second-order valence-electron chi connectivity index (χ2n) is 7.76. The van der Waals surface area contributed by atoms with Gasteiger partial charge in [-0.1, -0.05) is 43.1 Å². The number of benzene rings is 2. The number of hydrogen-bond donors (Lipinski definition) is 1. The van der Waals surface area contributed by atoms with E-state index in [0.29, 0.717) is 50.6 Å². The summed E-state index contributed by atoms with van der Waals surface area (Å²) in [5.74, 6) is 1.79. The van der Waals surface area contributed by atoms with E-state index < -0.39 is 0 Å². The van der Waals surface area contributed by atoms with Gasteiger partial charge in [-0.2, -0.15) is 0 Å². The molecule has 0 atom stereocenters. The molecule has 0 unspecified atom stereocenters. The Morgan fingerprint density at radius 1 is 0.943 bits per heavy atom. The van der Waals surface area contributed by atoms with Crippen molar-refractivity contribution >= 4 is 45.7 Å². The Morgan fingerprint density at radius 3 is 2.31 bits per heavy atom.